The lowest BCUT2D eigenvalue weighted by molar-refractivity contribution is -0.141. The van der Waals surface area contributed by atoms with Gasteiger partial charge in [0.15, 0.2) is 0 Å². The standard InChI is InChI=1S/C21H28N6O/c1-25(2)19(28)21-7-4-11-26(13-17-6-3-8-22-12-17)14-18(21)15-27(16-21)20-23-9-5-10-24-20/h3,5-6,8-10,12,18H,4,7,11,13-16H2,1-2H3/t18-,21-/m0/s1. The van der Waals surface area contributed by atoms with E-state index >= 15 is 0 Å². The first-order valence-electron chi connectivity index (χ1n) is 9.93. The maximum absolute atomic E-state index is 13.3. The molecule has 0 aromatic carbocycles. The molecule has 0 spiro atoms. The van der Waals surface area contributed by atoms with Gasteiger partial charge in [-0.15, -0.1) is 0 Å². The predicted molar refractivity (Wildman–Crippen MR) is 108 cm³/mol. The summed E-state index contributed by atoms with van der Waals surface area (Å²) in [5.74, 6) is 1.21. The van der Waals surface area contributed by atoms with Crippen LogP contribution in [0.15, 0.2) is 43.0 Å². The molecule has 1 amide bonds. The zero-order valence-electron chi connectivity index (χ0n) is 16.7. The van der Waals surface area contributed by atoms with E-state index in [0.717, 1.165) is 45.0 Å². The first-order chi connectivity index (χ1) is 13.6. The number of aromatic nitrogens is 3. The summed E-state index contributed by atoms with van der Waals surface area (Å²) >= 11 is 0. The fourth-order valence-electron chi connectivity index (χ4n) is 4.81. The van der Waals surface area contributed by atoms with Crippen molar-refractivity contribution in [1.29, 1.82) is 0 Å². The average molecular weight is 380 g/mol. The quantitative estimate of drug-likeness (QED) is 0.804. The zero-order valence-corrected chi connectivity index (χ0v) is 16.7. The number of carbonyl (C=O) groups is 1. The number of amides is 1. The Morgan fingerprint density at radius 1 is 1.21 bits per heavy atom. The second-order valence-electron chi connectivity index (χ2n) is 8.18. The van der Waals surface area contributed by atoms with Gasteiger partial charge in [0.25, 0.3) is 0 Å². The molecular formula is C21H28N6O. The molecule has 4 heterocycles. The van der Waals surface area contributed by atoms with Crippen LogP contribution in [0.25, 0.3) is 0 Å². The number of nitrogens with zero attached hydrogens (tertiary/aromatic N) is 6. The van der Waals surface area contributed by atoms with E-state index in [0.29, 0.717) is 6.54 Å². The van der Waals surface area contributed by atoms with Crippen molar-refractivity contribution in [3.05, 3.63) is 48.5 Å². The van der Waals surface area contributed by atoms with Gasteiger partial charge in [-0.25, -0.2) is 9.97 Å². The minimum absolute atomic E-state index is 0.235. The van der Waals surface area contributed by atoms with Crippen molar-refractivity contribution in [1.82, 2.24) is 24.8 Å². The van der Waals surface area contributed by atoms with Gasteiger partial charge in [-0.3, -0.25) is 14.7 Å². The second-order valence-corrected chi connectivity index (χ2v) is 8.18. The molecule has 28 heavy (non-hydrogen) atoms. The maximum atomic E-state index is 13.3. The van der Waals surface area contributed by atoms with Gasteiger partial charge in [0.1, 0.15) is 0 Å². The van der Waals surface area contributed by atoms with Gasteiger partial charge >= 0.3 is 0 Å². The smallest absolute Gasteiger partial charge is 0.230 e. The summed E-state index contributed by atoms with van der Waals surface area (Å²) in [5, 5.41) is 0. The van der Waals surface area contributed by atoms with Gasteiger partial charge in [0, 0.05) is 71.0 Å². The Balaban J connectivity index is 1.60. The van der Waals surface area contributed by atoms with Gasteiger partial charge in [0.2, 0.25) is 11.9 Å². The fraction of sp³-hybridized carbons (Fsp3) is 0.524. The number of fused-ring (bicyclic) bond motifs is 1. The fourth-order valence-corrected chi connectivity index (χ4v) is 4.81. The normalized spacial score (nSPS) is 25.2. The third-order valence-corrected chi connectivity index (χ3v) is 6.07. The predicted octanol–water partition coefficient (Wildman–Crippen LogP) is 1.68. The van der Waals surface area contributed by atoms with Crippen molar-refractivity contribution in [2.75, 3.05) is 45.2 Å². The van der Waals surface area contributed by atoms with Gasteiger partial charge in [-0.05, 0) is 37.1 Å². The molecule has 2 atom stereocenters. The van der Waals surface area contributed by atoms with E-state index < -0.39 is 0 Å². The number of pyridine rings is 1. The van der Waals surface area contributed by atoms with Gasteiger partial charge in [-0.2, -0.15) is 0 Å². The Morgan fingerprint density at radius 3 is 2.75 bits per heavy atom. The third kappa shape index (κ3) is 3.58. The second kappa shape index (κ2) is 7.83. The van der Waals surface area contributed by atoms with E-state index in [1.807, 2.05) is 32.4 Å². The largest absolute Gasteiger partial charge is 0.348 e. The van der Waals surface area contributed by atoms with Crippen molar-refractivity contribution in [3.8, 4) is 0 Å². The lowest BCUT2D eigenvalue weighted by Crippen LogP contribution is -2.47. The van der Waals surface area contributed by atoms with Gasteiger partial charge in [-0.1, -0.05) is 6.07 Å². The number of anilines is 1. The Bertz CT molecular complexity index is 799. The lowest BCUT2D eigenvalue weighted by Gasteiger charge is -2.34. The summed E-state index contributed by atoms with van der Waals surface area (Å²) in [6.45, 7) is 4.29. The molecular weight excluding hydrogens is 352 g/mol. The molecule has 7 heteroatoms. The zero-order chi connectivity index (χ0) is 19.6. The van der Waals surface area contributed by atoms with Crippen molar-refractivity contribution in [2.45, 2.75) is 19.4 Å². The molecule has 2 aliphatic rings. The molecule has 2 aromatic heterocycles. The minimum Gasteiger partial charge on any atom is -0.348 e. The first-order valence-corrected chi connectivity index (χ1v) is 9.93. The van der Waals surface area contributed by atoms with Crippen LogP contribution in [0.3, 0.4) is 0 Å². The SMILES string of the molecule is CN(C)C(=O)[C@]12CCCN(Cc3cccnc3)C[C@H]1CN(c1ncccn1)C2. The Hall–Kier alpha value is -2.54. The number of hydrogen-bond acceptors (Lipinski definition) is 6. The minimum atomic E-state index is -0.369. The molecule has 148 valence electrons. The van der Waals surface area contributed by atoms with Gasteiger partial charge in [0.05, 0.1) is 5.41 Å². The van der Waals surface area contributed by atoms with Crippen molar-refractivity contribution < 1.29 is 4.79 Å². The summed E-state index contributed by atoms with van der Waals surface area (Å²) in [4.78, 5) is 32.9. The molecule has 4 rings (SSSR count). The topological polar surface area (TPSA) is 65.5 Å². The summed E-state index contributed by atoms with van der Waals surface area (Å²) < 4.78 is 0. The van der Waals surface area contributed by atoms with E-state index in [1.54, 1.807) is 23.5 Å². The van der Waals surface area contributed by atoms with E-state index in [-0.39, 0.29) is 17.2 Å². The van der Waals surface area contributed by atoms with Crippen LogP contribution in [0.1, 0.15) is 18.4 Å². The molecule has 0 aliphatic carbocycles. The molecule has 2 saturated heterocycles. The van der Waals surface area contributed by atoms with Crippen LogP contribution in [-0.4, -0.2) is 70.9 Å². The molecule has 0 bridgehead atoms. The highest BCUT2D eigenvalue weighted by atomic mass is 16.2. The van der Waals surface area contributed by atoms with Crippen LogP contribution in [0.2, 0.25) is 0 Å². The van der Waals surface area contributed by atoms with Crippen LogP contribution in [-0.2, 0) is 11.3 Å². The summed E-state index contributed by atoms with van der Waals surface area (Å²) in [7, 11) is 3.74. The Labute approximate surface area is 166 Å². The van der Waals surface area contributed by atoms with Crippen LogP contribution in [0, 0.1) is 11.3 Å². The van der Waals surface area contributed by atoms with Crippen LogP contribution in [0.5, 0.6) is 0 Å². The summed E-state index contributed by atoms with van der Waals surface area (Å²) in [6, 6.07) is 5.93. The van der Waals surface area contributed by atoms with Crippen molar-refractivity contribution in [2.24, 2.45) is 11.3 Å². The molecule has 0 radical (unpaired) electrons. The highest BCUT2D eigenvalue weighted by Gasteiger charge is 2.54. The number of rotatable bonds is 4. The van der Waals surface area contributed by atoms with E-state index in [9.17, 15) is 4.79 Å². The highest BCUT2D eigenvalue weighted by Crippen LogP contribution is 2.44. The van der Waals surface area contributed by atoms with Crippen molar-refractivity contribution >= 4 is 11.9 Å². The molecule has 2 fully saturated rings. The maximum Gasteiger partial charge on any atom is 0.230 e. The molecule has 2 aliphatic heterocycles. The van der Waals surface area contributed by atoms with Crippen LogP contribution < -0.4 is 4.90 Å². The number of hydrogen-bond donors (Lipinski definition) is 0. The molecule has 0 saturated carbocycles. The van der Waals surface area contributed by atoms with E-state index in [1.165, 1.54) is 5.56 Å². The summed E-state index contributed by atoms with van der Waals surface area (Å²) in [5.41, 5.74) is 0.849. The third-order valence-electron chi connectivity index (χ3n) is 6.07. The molecule has 0 N–H and O–H groups in total. The molecule has 0 unspecified atom stereocenters. The number of likely N-dealkylation sites (tertiary alicyclic amines) is 1. The number of carbonyl (C=O) groups excluding carboxylic acids is 1. The average Bonchev–Trinajstić information content (AvgIpc) is 2.99. The highest BCUT2D eigenvalue weighted by molar-refractivity contribution is 5.84. The molecule has 2 aromatic rings. The van der Waals surface area contributed by atoms with E-state index in [4.69, 9.17) is 0 Å². The summed E-state index contributed by atoms with van der Waals surface area (Å²) in [6.07, 6.45) is 9.20. The first kappa shape index (κ1) is 18.8. The monoisotopic (exact) mass is 380 g/mol. The molecule has 7 nitrogen and oxygen atoms in total. The Kier molecular flexibility index (Phi) is 5.26. The van der Waals surface area contributed by atoms with Crippen molar-refractivity contribution in [3.63, 3.8) is 0 Å². The van der Waals surface area contributed by atoms with Crippen LogP contribution in [0.4, 0.5) is 5.95 Å². The van der Waals surface area contributed by atoms with E-state index in [2.05, 4.69) is 30.8 Å². The van der Waals surface area contributed by atoms with Gasteiger partial charge < -0.3 is 9.80 Å². The van der Waals surface area contributed by atoms with Crippen LogP contribution >= 0.6 is 0 Å². The lowest BCUT2D eigenvalue weighted by atomic mass is 9.74. The Morgan fingerprint density at radius 2 is 2.04 bits per heavy atom.